The number of nitrogens with zero attached hydrogens (tertiary/aromatic N) is 6. The van der Waals surface area contributed by atoms with Crippen LogP contribution in [0.25, 0.3) is 0 Å². The summed E-state index contributed by atoms with van der Waals surface area (Å²) >= 11 is 0. The Balaban J connectivity index is 1.06. The molecule has 0 spiro atoms. The molecule has 0 saturated carbocycles. The number of ether oxygens (including phenoxy) is 5. The Morgan fingerprint density at radius 1 is 0.885 bits per heavy atom. The number of fused-ring (bicyclic) bond motifs is 4. The van der Waals surface area contributed by atoms with Crippen molar-refractivity contribution in [3.63, 3.8) is 0 Å². The Kier molecular flexibility index (Phi) is 13.2. The standard InChI is InChI=1S/C39H44N6O14S2/c1-21(60-61-33-24(45(53)54)8-4-11-40-33)20-59-39(52)44-28-19-32(30(56-3)17-23(28)35(47)42-13-6-10-26(42)37(44)49)58-15-7-14-57-31-18-27-22(16-29(31)55-2)34(46)41-12-5-9-25(41)36(48)43(27)38(50)51/h4,8,11,16-19,21,25-26,36-37,48-49H,5-7,9-10,12-15,20H2,1-3H3,(H,50,51)/t21?,25-,26-,36-,37-/m0/s1. The number of hydrogen-bond donors (Lipinski definition) is 3. The molecule has 3 aromatic rings. The van der Waals surface area contributed by atoms with E-state index in [4.69, 9.17) is 23.7 Å². The third-order valence-electron chi connectivity index (χ3n) is 10.8. The number of rotatable bonds is 14. The van der Waals surface area contributed by atoms with Gasteiger partial charge >= 0.3 is 17.9 Å². The van der Waals surface area contributed by atoms with Crippen molar-refractivity contribution in [1.29, 1.82) is 0 Å². The number of benzene rings is 2. The van der Waals surface area contributed by atoms with Gasteiger partial charge in [0, 0.05) is 49.2 Å². The highest BCUT2D eigenvalue weighted by atomic mass is 33.1. The maximum Gasteiger partial charge on any atom is 0.416 e. The summed E-state index contributed by atoms with van der Waals surface area (Å²) in [6.45, 7) is 2.41. The maximum absolute atomic E-state index is 13.9. The predicted octanol–water partition coefficient (Wildman–Crippen LogP) is 4.98. The van der Waals surface area contributed by atoms with Crippen LogP contribution in [0.2, 0.25) is 0 Å². The molecule has 61 heavy (non-hydrogen) atoms. The van der Waals surface area contributed by atoms with Gasteiger partial charge in [-0.15, -0.1) is 0 Å². The first-order valence-electron chi connectivity index (χ1n) is 19.4. The highest BCUT2D eigenvalue weighted by Gasteiger charge is 2.47. The van der Waals surface area contributed by atoms with Crippen LogP contribution in [0.1, 0.15) is 59.7 Å². The van der Waals surface area contributed by atoms with E-state index in [0.717, 1.165) is 20.6 Å². The Labute approximate surface area is 357 Å². The fraction of sp³-hybridized carbons (Fsp3) is 0.462. The zero-order valence-corrected chi connectivity index (χ0v) is 35.0. The molecule has 5 atom stereocenters. The number of aromatic nitrogens is 1. The molecule has 22 heteroatoms. The van der Waals surface area contributed by atoms with Crippen molar-refractivity contribution >= 4 is 62.7 Å². The smallest absolute Gasteiger partial charge is 0.416 e. The number of pyridine rings is 1. The minimum atomic E-state index is -1.49. The van der Waals surface area contributed by atoms with Crippen LogP contribution in [-0.4, -0.2) is 136 Å². The lowest BCUT2D eigenvalue weighted by Gasteiger charge is -2.32. The number of aliphatic hydroxyl groups is 2. The fourth-order valence-electron chi connectivity index (χ4n) is 7.88. The van der Waals surface area contributed by atoms with E-state index >= 15 is 0 Å². The van der Waals surface area contributed by atoms with Crippen molar-refractivity contribution in [2.45, 2.75) is 73.8 Å². The van der Waals surface area contributed by atoms with Crippen molar-refractivity contribution < 1.29 is 63.1 Å². The second kappa shape index (κ2) is 18.5. The monoisotopic (exact) mass is 884 g/mol. The number of aliphatic hydroxyl groups excluding tert-OH is 2. The number of carboxylic acid groups (broad SMARTS) is 1. The van der Waals surface area contributed by atoms with Gasteiger partial charge in [-0.25, -0.2) is 24.4 Å². The highest BCUT2D eigenvalue weighted by molar-refractivity contribution is 8.77. The summed E-state index contributed by atoms with van der Waals surface area (Å²) in [4.78, 5) is 73.4. The molecule has 3 N–H and O–H groups in total. The molecule has 4 aliphatic rings. The quantitative estimate of drug-likeness (QED) is 0.0836. The normalized spacial score (nSPS) is 21.1. The number of hydrogen-bond acceptors (Lipinski definition) is 16. The first-order valence-corrected chi connectivity index (χ1v) is 21.6. The van der Waals surface area contributed by atoms with Crippen LogP contribution in [0, 0.1) is 10.1 Å². The predicted molar refractivity (Wildman–Crippen MR) is 220 cm³/mol. The van der Waals surface area contributed by atoms with E-state index in [-0.39, 0.29) is 87.7 Å². The molecule has 0 aliphatic carbocycles. The van der Waals surface area contributed by atoms with Crippen LogP contribution < -0.4 is 28.7 Å². The number of carbonyl (C=O) groups excluding carboxylic acids is 3. The van der Waals surface area contributed by atoms with Gasteiger partial charge in [-0.2, -0.15) is 0 Å². The zero-order valence-electron chi connectivity index (χ0n) is 33.3. The summed E-state index contributed by atoms with van der Waals surface area (Å²) in [5.41, 5.74) is -0.0122. The molecule has 2 saturated heterocycles. The SMILES string of the molecule is COc1cc2c(cc1OCCCOc1cc3c(cc1OC)C(=O)N1CCC[C@H]1[C@H](O)N3C(=O)OCC(C)SSc1ncccc1[N+](=O)[O-])N(C(=O)O)[C@@H](O)[C@@H]1CCCN1C2=O. The van der Waals surface area contributed by atoms with Gasteiger partial charge < -0.3 is 48.8 Å². The van der Waals surface area contributed by atoms with E-state index in [1.165, 1.54) is 77.4 Å². The van der Waals surface area contributed by atoms with Crippen LogP contribution in [0.15, 0.2) is 47.6 Å². The molecule has 1 unspecified atom stereocenters. The lowest BCUT2D eigenvalue weighted by atomic mass is 10.1. The van der Waals surface area contributed by atoms with Crippen molar-refractivity contribution in [3.05, 3.63) is 63.8 Å². The molecule has 1 aromatic heterocycles. The Hall–Kier alpha value is -5.71. The van der Waals surface area contributed by atoms with Crippen molar-refractivity contribution in [3.8, 4) is 23.0 Å². The molecule has 326 valence electrons. The average molecular weight is 885 g/mol. The number of carbonyl (C=O) groups is 4. The van der Waals surface area contributed by atoms with E-state index in [9.17, 15) is 44.6 Å². The van der Waals surface area contributed by atoms with Crippen molar-refractivity contribution in [2.75, 3.05) is 56.9 Å². The van der Waals surface area contributed by atoms with Crippen molar-refractivity contribution in [2.24, 2.45) is 0 Å². The molecular weight excluding hydrogens is 841 g/mol. The first kappa shape index (κ1) is 43.4. The molecule has 5 heterocycles. The average Bonchev–Trinajstić information content (AvgIpc) is 3.93. The zero-order chi connectivity index (χ0) is 43.5. The topological polar surface area (TPSA) is 244 Å². The second-order valence-corrected chi connectivity index (χ2v) is 17.1. The van der Waals surface area contributed by atoms with Gasteiger partial charge in [0.1, 0.15) is 6.61 Å². The maximum atomic E-state index is 13.9. The molecule has 2 aromatic carbocycles. The highest BCUT2D eigenvalue weighted by Crippen LogP contribution is 2.44. The third kappa shape index (κ3) is 8.61. The molecule has 4 aliphatic heterocycles. The van der Waals surface area contributed by atoms with E-state index in [1.807, 2.05) is 0 Å². The number of methoxy groups -OCH3 is 2. The van der Waals surface area contributed by atoms with Gasteiger partial charge in [-0.05, 0) is 61.6 Å². The van der Waals surface area contributed by atoms with Gasteiger partial charge in [0.2, 0.25) is 0 Å². The van der Waals surface area contributed by atoms with E-state index < -0.39 is 53.5 Å². The van der Waals surface area contributed by atoms with Gasteiger partial charge in [-0.3, -0.25) is 19.7 Å². The summed E-state index contributed by atoms with van der Waals surface area (Å²) in [7, 11) is 5.06. The number of nitro groups is 1. The van der Waals surface area contributed by atoms with Gasteiger partial charge in [0.05, 0.1) is 66.9 Å². The molecular formula is C39H44N6O14S2. The second-order valence-electron chi connectivity index (χ2n) is 14.5. The summed E-state index contributed by atoms with van der Waals surface area (Å²) in [6.07, 6.45) is -1.49. The minimum Gasteiger partial charge on any atom is -0.493 e. The molecule has 7 rings (SSSR count). The lowest BCUT2D eigenvalue weighted by Crippen LogP contribution is -2.51. The fourth-order valence-corrected chi connectivity index (χ4v) is 9.91. The minimum absolute atomic E-state index is 0.0219. The van der Waals surface area contributed by atoms with E-state index in [1.54, 1.807) is 6.92 Å². The molecule has 4 amide bonds. The Morgan fingerprint density at radius 2 is 1.43 bits per heavy atom. The van der Waals surface area contributed by atoms with Crippen LogP contribution in [0.3, 0.4) is 0 Å². The summed E-state index contributed by atoms with van der Waals surface area (Å²) < 4.78 is 28.9. The largest absolute Gasteiger partial charge is 0.493 e. The number of anilines is 2. The van der Waals surface area contributed by atoms with Crippen molar-refractivity contribution in [1.82, 2.24) is 14.8 Å². The van der Waals surface area contributed by atoms with Gasteiger partial charge in [-0.1, -0.05) is 10.8 Å². The Morgan fingerprint density at radius 3 is 1.95 bits per heavy atom. The molecule has 0 bridgehead atoms. The van der Waals surface area contributed by atoms with Crippen LogP contribution in [0.5, 0.6) is 23.0 Å². The Bertz CT molecular complexity index is 2200. The third-order valence-corrected chi connectivity index (χ3v) is 13.5. The van der Waals surface area contributed by atoms with Gasteiger partial charge in [0.25, 0.3) is 11.8 Å². The summed E-state index contributed by atoms with van der Waals surface area (Å²) in [6, 6.07) is 7.04. The summed E-state index contributed by atoms with van der Waals surface area (Å²) in [5.74, 6) is -0.196. The van der Waals surface area contributed by atoms with Crippen LogP contribution in [0.4, 0.5) is 26.7 Å². The molecule has 0 radical (unpaired) electrons. The van der Waals surface area contributed by atoms with Crippen LogP contribution >= 0.6 is 21.6 Å². The number of amides is 4. The first-order chi connectivity index (χ1) is 29.3. The molecule has 2 fully saturated rings. The van der Waals surface area contributed by atoms with E-state index in [0.29, 0.717) is 38.8 Å². The summed E-state index contributed by atoms with van der Waals surface area (Å²) in [5, 5.41) is 44.1. The lowest BCUT2D eigenvalue weighted by molar-refractivity contribution is -0.388. The molecule has 20 nitrogen and oxygen atoms in total. The van der Waals surface area contributed by atoms with E-state index in [2.05, 4.69) is 4.98 Å². The van der Waals surface area contributed by atoms with Gasteiger partial charge in [0.15, 0.2) is 40.5 Å². The van der Waals surface area contributed by atoms with Crippen LogP contribution in [-0.2, 0) is 4.74 Å².